The van der Waals surface area contributed by atoms with Crippen LogP contribution in [0, 0.1) is 6.92 Å². The molecule has 2 aromatic rings. The second-order valence-electron chi connectivity index (χ2n) is 4.93. The molecule has 1 aromatic carbocycles. The summed E-state index contributed by atoms with van der Waals surface area (Å²) in [5, 5.41) is 8.50. The molecule has 1 fully saturated rings. The van der Waals surface area contributed by atoms with Crippen molar-refractivity contribution in [2.24, 2.45) is 0 Å². The first-order chi connectivity index (χ1) is 8.78. The number of hydrogen-bond acceptors (Lipinski definition) is 2. The van der Waals surface area contributed by atoms with Crippen molar-refractivity contribution in [2.45, 2.75) is 38.1 Å². The van der Waals surface area contributed by atoms with Crippen molar-refractivity contribution in [3.63, 3.8) is 0 Å². The topological polar surface area (TPSA) is 30.7 Å². The number of benzene rings is 1. The Morgan fingerprint density at radius 1 is 1.28 bits per heavy atom. The minimum Gasteiger partial charge on any atom is -0.311 e. The van der Waals surface area contributed by atoms with E-state index < -0.39 is 0 Å². The first-order valence-corrected chi connectivity index (χ1v) is 6.85. The van der Waals surface area contributed by atoms with Crippen LogP contribution in [0.1, 0.15) is 41.7 Å². The third-order valence-corrected chi connectivity index (χ3v) is 3.55. The highest BCUT2D eigenvalue weighted by Crippen LogP contribution is 2.37. The number of hydrogen-bond donors (Lipinski definition) is 0. The number of aromatic nitrogens is 3. The van der Waals surface area contributed by atoms with E-state index in [1.54, 1.807) is 0 Å². The zero-order valence-electron chi connectivity index (χ0n) is 10.4. The highest BCUT2D eigenvalue weighted by Gasteiger charge is 2.28. The Bertz CT molecular complexity index is 558. The summed E-state index contributed by atoms with van der Waals surface area (Å²) in [5.74, 6) is 2.39. The van der Waals surface area contributed by atoms with E-state index in [4.69, 9.17) is 11.6 Å². The van der Waals surface area contributed by atoms with Crippen LogP contribution in [-0.4, -0.2) is 14.8 Å². The summed E-state index contributed by atoms with van der Waals surface area (Å²) in [5.41, 5.74) is 2.56. The van der Waals surface area contributed by atoms with Gasteiger partial charge in [0, 0.05) is 12.5 Å². The molecule has 0 unspecified atom stereocenters. The van der Waals surface area contributed by atoms with Crippen molar-refractivity contribution in [1.29, 1.82) is 0 Å². The van der Waals surface area contributed by atoms with E-state index in [9.17, 15) is 0 Å². The fraction of sp³-hybridized carbons (Fsp3) is 0.429. The Labute approximate surface area is 112 Å². The average Bonchev–Trinajstić information content (AvgIpc) is 3.11. The molecule has 0 atom stereocenters. The van der Waals surface area contributed by atoms with Gasteiger partial charge in [0.2, 0.25) is 0 Å². The standard InChI is InChI=1S/C14H16ClN3/c1-10-3-2-4-11(7-10)8-13-16-17-14(9-15)18(13)12-5-6-12/h2-4,7,12H,5-6,8-9H2,1H3. The van der Waals surface area contributed by atoms with E-state index in [1.807, 2.05) is 0 Å². The predicted octanol–water partition coefficient (Wildman–Crippen LogP) is 3.25. The lowest BCUT2D eigenvalue weighted by Gasteiger charge is -2.08. The SMILES string of the molecule is Cc1cccc(Cc2nnc(CCl)n2C2CC2)c1. The maximum absolute atomic E-state index is 5.92. The van der Waals surface area contributed by atoms with Crippen molar-refractivity contribution in [2.75, 3.05) is 0 Å². The van der Waals surface area contributed by atoms with Crippen LogP contribution in [0.3, 0.4) is 0 Å². The molecule has 4 heteroatoms. The van der Waals surface area contributed by atoms with Crippen LogP contribution in [-0.2, 0) is 12.3 Å². The minimum atomic E-state index is 0.442. The van der Waals surface area contributed by atoms with Crippen LogP contribution >= 0.6 is 11.6 Å². The molecule has 0 aliphatic heterocycles. The second-order valence-corrected chi connectivity index (χ2v) is 5.20. The van der Waals surface area contributed by atoms with Gasteiger partial charge in [-0.2, -0.15) is 0 Å². The van der Waals surface area contributed by atoms with E-state index >= 15 is 0 Å². The molecule has 1 aliphatic rings. The molecule has 1 saturated carbocycles. The molecule has 0 saturated heterocycles. The maximum Gasteiger partial charge on any atom is 0.148 e. The molecule has 1 aliphatic carbocycles. The molecule has 1 heterocycles. The Hall–Kier alpha value is -1.35. The summed E-state index contributed by atoms with van der Waals surface area (Å²) in [6, 6.07) is 9.11. The van der Waals surface area contributed by atoms with E-state index in [0.29, 0.717) is 11.9 Å². The maximum atomic E-state index is 5.92. The number of nitrogens with zero attached hydrogens (tertiary/aromatic N) is 3. The van der Waals surface area contributed by atoms with E-state index in [0.717, 1.165) is 18.1 Å². The molecule has 0 amide bonds. The molecule has 0 spiro atoms. The van der Waals surface area contributed by atoms with Gasteiger partial charge in [-0.25, -0.2) is 0 Å². The first kappa shape index (κ1) is 11.7. The van der Waals surface area contributed by atoms with Crippen LogP contribution in [0.25, 0.3) is 0 Å². The van der Waals surface area contributed by atoms with Gasteiger partial charge < -0.3 is 4.57 Å². The van der Waals surface area contributed by atoms with Crippen molar-refractivity contribution in [3.05, 3.63) is 47.0 Å². The number of alkyl halides is 1. The van der Waals surface area contributed by atoms with Crippen molar-refractivity contribution in [1.82, 2.24) is 14.8 Å². The molecular formula is C14H16ClN3. The molecule has 1 aromatic heterocycles. The number of rotatable bonds is 4. The van der Waals surface area contributed by atoms with Crippen LogP contribution in [0.15, 0.2) is 24.3 Å². The summed E-state index contributed by atoms with van der Waals surface area (Å²) >= 11 is 5.92. The number of halogens is 1. The molecular weight excluding hydrogens is 246 g/mol. The van der Waals surface area contributed by atoms with E-state index in [2.05, 4.69) is 46.0 Å². The molecule has 3 rings (SSSR count). The molecule has 0 bridgehead atoms. The highest BCUT2D eigenvalue weighted by molar-refractivity contribution is 6.16. The molecule has 3 nitrogen and oxygen atoms in total. The Morgan fingerprint density at radius 2 is 2.06 bits per heavy atom. The first-order valence-electron chi connectivity index (χ1n) is 6.32. The van der Waals surface area contributed by atoms with E-state index in [-0.39, 0.29) is 0 Å². The third-order valence-electron chi connectivity index (χ3n) is 3.31. The summed E-state index contributed by atoms with van der Waals surface area (Å²) in [7, 11) is 0. The van der Waals surface area contributed by atoms with Crippen LogP contribution in [0.5, 0.6) is 0 Å². The van der Waals surface area contributed by atoms with Gasteiger partial charge in [-0.1, -0.05) is 29.8 Å². The summed E-state index contributed by atoms with van der Waals surface area (Å²) in [4.78, 5) is 0. The lowest BCUT2D eigenvalue weighted by atomic mass is 10.1. The number of aryl methyl sites for hydroxylation is 1. The van der Waals surface area contributed by atoms with Crippen molar-refractivity contribution in [3.8, 4) is 0 Å². The van der Waals surface area contributed by atoms with Crippen LogP contribution < -0.4 is 0 Å². The fourth-order valence-corrected chi connectivity index (χ4v) is 2.51. The van der Waals surface area contributed by atoms with Gasteiger partial charge in [-0.05, 0) is 25.3 Å². The minimum absolute atomic E-state index is 0.442. The second kappa shape index (κ2) is 4.73. The summed E-state index contributed by atoms with van der Waals surface area (Å²) in [6.07, 6.45) is 3.29. The largest absolute Gasteiger partial charge is 0.311 e. The zero-order chi connectivity index (χ0) is 12.5. The summed E-state index contributed by atoms with van der Waals surface area (Å²) in [6.45, 7) is 2.11. The Balaban J connectivity index is 1.90. The fourth-order valence-electron chi connectivity index (χ4n) is 2.33. The van der Waals surface area contributed by atoms with Crippen LogP contribution in [0.4, 0.5) is 0 Å². The normalized spacial score (nSPS) is 15.0. The van der Waals surface area contributed by atoms with Crippen molar-refractivity contribution < 1.29 is 0 Å². The summed E-state index contributed by atoms with van der Waals surface area (Å²) < 4.78 is 2.23. The molecule has 0 radical (unpaired) electrons. The zero-order valence-corrected chi connectivity index (χ0v) is 11.2. The lowest BCUT2D eigenvalue weighted by Crippen LogP contribution is -2.05. The monoisotopic (exact) mass is 261 g/mol. The molecule has 18 heavy (non-hydrogen) atoms. The van der Waals surface area contributed by atoms with Gasteiger partial charge in [0.05, 0.1) is 5.88 Å². The van der Waals surface area contributed by atoms with Gasteiger partial charge in [-0.15, -0.1) is 21.8 Å². The van der Waals surface area contributed by atoms with E-state index in [1.165, 1.54) is 24.0 Å². The van der Waals surface area contributed by atoms with Crippen LogP contribution in [0.2, 0.25) is 0 Å². The molecule has 94 valence electrons. The van der Waals surface area contributed by atoms with Gasteiger partial charge in [0.15, 0.2) is 0 Å². The lowest BCUT2D eigenvalue weighted by molar-refractivity contribution is 0.669. The average molecular weight is 262 g/mol. The van der Waals surface area contributed by atoms with Crippen molar-refractivity contribution >= 4 is 11.6 Å². The van der Waals surface area contributed by atoms with Gasteiger partial charge in [-0.3, -0.25) is 0 Å². The molecule has 0 N–H and O–H groups in total. The Morgan fingerprint density at radius 3 is 2.72 bits per heavy atom. The van der Waals surface area contributed by atoms with Gasteiger partial charge in [0.25, 0.3) is 0 Å². The van der Waals surface area contributed by atoms with Gasteiger partial charge >= 0.3 is 0 Å². The Kier molecular flexibility index (Phi) is 3.08. The third kappa shape index (κ3) is 2.27. The quantitative estimate of drug-likeness (QED) is 0.791. The van der Waals surface area contributed by atoms with Gasteiger partial charge in [0.1, 0.15) is 11.6 Å². The smallest absolute Gasteiger partial charge is 0.148 e. The predicted molar refractivity (Wildman–Crippen MR) is 71.8 cm³/mol. The highest BCUT2D eigenvalue weighted by atomic mass is 35.5.